The topological polar surface area (TPSA) is 48.1 Å². The van der Waals surface area contributed by atoms with Crippen molar-refractivity contribution in [1.82, 2.24) is 4.98 Å². The van der Waals surface area contributed by atoms with Gasteiger partial charge in [0.2, 0.25) is 0 Å². The van der Waals surface area contributed by atoms with Crippen LogP contribution < -0.4 is 10.5 Å². The van der Waals surface area contributed by atoms with Crippen LogP contribution in [0.25, 0.3) is 12.2 Å². The van der Waals surface area contributed by atoms with Crippen molar-refractivity contribution >= 4 is 28.6 Å². The molecule has 0 aliphatic heterocycles. The lowest BCUT2D eigenvalue weighted by molar-refractivity contribution is 0.415. The molecule has 1 aromatic carbocycles. The van der Waals surface area contributed by atoms with E-state index in [4.69, 9.17) is 10.5 Å². The third kappa shape index (κ3) is 2.61. The van der Waals surface area contributed by atoms with Crippen LogP contribution in [0.2, 0.25) is 0 Å². The molecule has 0 fully saturated rings. The van der Waals surface area contributed by atoms with E-state index in [1.54, 1.807) is 13.3 Å². The Bertz CT molecular complexity index is 488. The number of methoxy groups -OCH3 is 1. The Balaban J connectivity index is 2.11. The van der Waals surface area contributed by atoms with Crippen molar-refractivity contribution in [2.75, 3.05) is 12.8 Å². The van der Waals surface area contributed by atoms with Crippen molar-refractivity contribution in [1.29, 1.82) is 0 Å². The average molecular weight is 232 g/mol. The fraction of sp³-hybridized carbons (Fsp3) is 0.0833. The van der Waals surface area contributed by atoms with Crippen LogP contribution in [0.1, 0.15) is 10.4 Å². The minimum Gasteiger partial charge on any atom is -0.497 e. The van der Waals surface area contributed by atoms with Crippen LogP contribution in [0.15, 0.2) is 30.5 Å². The summed E-state index contributed by atoms with van der Waals surface area (Å²) in [5.74, 6) is 0.860. The minimum absolute atomic E-state index is 0.592. The molecular formula is C12H12N2OS. The first kappa shape index (κ1) is 10.7. The molecule has 0 bridgehead atoms. The maximum atomic E-state index is 5.54. The number of nitrogen functional groups attached to an aromatic ring is 1. The maximum absolute atomic E-state index is 5.54. The molecule has 3 nitrogen and oxygen atoms in total. The van der Waals surface area contributed by atoms with E-state index >= 15 is 0 Å². The average Bonchev–Trinajstić information content (AvgIpc) is 2.73. The van der Waals surface area contributed by atoms with Crippen LogP contribution in [0.4, 0.5) is 5.13 Å². The van der Waals surface area contributed by atoms with Gasteiger partial charge in [0.1, 0.15) is 5.75 Å². The number of benzene rings is 1. The summed E-state index contributed by atoms with van der Waals surface area (Å²) in [4.78, 5) is 5.03. The van der Waals surface area contributed by atoms with Crippen molar-refractivity contribution in [3.63, 3.8) is 0 Å². The molecule has 0 atom stereocenters. The molecule has 0 saturated heterocycles. The van der Waals surface area contributed by atoms with Crippen LogP contribution in [0.3, 0.4) is 0 Å². The highest BCUT2D eigenvalue weighted by Gasteiger charge is 1.94. The number of nitrogens with two attached hydrogens (primary N) is 1. The monoisotopic (exact) mass is 232 g/mol. The second-order valence-electron chi connectivity index (χ2n) is 3.21. The van der Waals surface area contributed by atoms with Crippen molar-refractivity contribution < 1.29 is 4.74 Å². The Morgan fingerprint density at radius 2 is 2.00 bits per heavy atom. The van der Waals surface area contributed by atoms with Gasteiger partial charge in [-0.05, 0) is 23.8 Å². The highest BCUT2D eigenvalue weighted by molar-refractivity contribution is 7.16. The molecular weight excluding hydrogens is 220 g/mol. The Labute approximate surface area is 98.2 Å². The Kier molecular flexibility index (Phi) is 3.22. The molecule has 0 unspecified atom stereocenters. The zero-order valence-corrected chi connectivity index (χ0v) is 9.70. The van der Waals surface area contributed by atoms with Crippen LogP contribution in [0, 0.1) is 0 Å². The van der Waals surface area contributed by atoms with E-state index < -0.39 is 0 Å². The summed E-state index contributed by atoms with van der Waals surface area (Å²) in [7, 11) is 1.66. The van der Waals surface area contributed by atoms with Gasteiger partial charge in [-0.15, -0.1) is 0 Å². The van der Waals surface area contributed by atoms with Crippen molar-refractivity contribution in [3.05, 3.63) is 40.9 Å². The Morgan fingerprint density at radius 1 is 1.25 bits per heavy atom. The predicted molar refractivity (Wildman–Crippen MR) is 68.4 cm³/mol. The lowest BCUT2D eigenvalue weighted by atomic mass is 10.2. The number of hydrogen-bond acceptors (Lipinski definition) is 4. The second kappa shape index (κ2) is 4.81. The molecule has 0 aliphatic carbocycles. The van der Waals surface area contributed by atoms with Gasteiger partial charge in [0.25, 0.3) is 0 Å². The number of rotatable bonds is 3. The third-order valence-corrected chi connectivity index (χ3v) is 2.89. The third-order valence-electron chi connectivity index (χ3n) is 2.10. The fourth-order valence-electron chi connectivity index (χ4n) is 1.27. The molecule has 0 radical (unpaired) electrons. The van der Waals surface area contributed by atoms with E-state index in [2.05, 4.69) is 4.98 Å². The molecule has 2 N–H and O–H groups in total. The SMILES string of the molecule is COc1ccc(/C=C/c2cnc(N)s2)cc1. The van der Waals surface area contributed by atoms with E-state index in [0.717, 1.165) is 16.2 Å². The number of thiazole rings is 1. The number of aromatic nitrogens is 1. The van der Waals surface area contributed by atoms with Crippen LogP contribution in [-0.4, -0.2) is 12.1 Å². The molecule has 0 aliphatic rings. The molecule has 0 amide bonds. The van der Waals surface area contributed by atoms with Crippen LogP contribution in [-0.2, 0) is 0 Å². The van der Waals surface area contributed by atoms with Gasteiger partial charge in [-0.2, -0.15) is 0 Å². The number of anilines is 1. The predicted octanol–water partition coefficient (Wildman–Crippen LogP) is 2.90. The van der Waals surface area contributed by atoms with Crippen LogP contribution >= 0.6 is 11.3 Å². The quantitative estimate of drug-likeness (QED) is 0.885. The van der Waals surface area contributed by atoms with E-state index in [-0.39, 0.29) is 0 Å². The lowest BCUT2D eigenvalue weighted by Gasteiger charge is -1.98. The molecule has 1 aromatic heterocycles. The van der Waals surface area contributed by atoms with Gasteiger partial charge in [-0.25, -0.2) is 4.98 Å². The van der Waals surface area contributed by atoms with Gasteiger partial charge in [-0.3, -0.25) is 0 Å². The Morgan fingerprint density at radius 3 is 2.56 bits per heavy atom. The van der Waals surface area contributed by atoms with Crippen molar-refractivity contribution in [2.45, 2.75) is 0 Å². The van der Waals surface area contributed by atoms with Crippen molar-refractivity contribution in [2.24, 2.45) is 0 Å². The zero-order chi connectivity index (χ0) is 11.4. The van der Waals surface area contributed by atoms with Gasteiger partial charge < -0.3 is 10.5 Å². The standard InChI is InChI=1S/C12H12N2OS/c1-15-10-5-2-9(3-6-10)4-7-11-8-14-12(13)16-11/h2-8H,1H3,(H2,13,14)/b7-4+. The summed E-state index contributed by atoms with van der Waals surface area (Å²) >= 11 is 1.47. The smallest absolute Gasteiger partial charge is 0.180 e. The summed E-state index contributed by atoms with van der Waals surface area (Å²) in [6.07, 6.45) is 5.78. The van der Waals surface area contributed by atoms with Gasteiger partial charge in [0.05, 0.1) is 7.11 Å². The summed E-state index contributed by atoms with van der Waals surface area (Å²) in [5, 5.41) is 0.592. The molecule has 82 valence electrons. The first-order chi connectivity index (χ1) is 7.78. The largest absolute Gasteiger partial charge is 0.497 e. The van der Waals surface area contributed by atoms with Gasteiger partial charge in [0.15, 0.2) is 5.13 Å². The zero-order valence-electron chi connectivity index (χ0n) is 8.88. The lowest BCUT2D eigenvalue weighted by Crippen LogP contribution is -1.81. The van der Waals surface area contributed by atoms with E-state index in [1.807, 2.05) is 36.4 Å². The number of ether oxygens (including phenoxy) is 1. The summed E-state index contributed by atoms with van der Waals surface area (Å²) in [5.41, 5.74) is 6.66. The first-order valence-electron chi connectivity index (χ1n) is 4.81. The molecule has 2 aromatic rings. The van der Waals surface area contributed by atoms with Crippen molar-refractivity contribution in [3.8, 4) is 5.75 Å². The van der Waals surface area contributed by atoms with E-state index in [9.17, 15) is 0 Å². The number of hydrogen-bond donors (Lipinski definition) is 1. The van der Waals surface area contributed by atoms with E-state index in [1.165, 1.54) is 11.3 Å². The molecule has 16 heavy (non-hydrogen) atoms. The summed E-state index contributed by atoms with van der Waals surface area (Å²) in [6.45, 7) is 0. The molecule has 2 rings (SSSR count). The first-order valence-corrected chi connectivity index (χ1v) is 5.63. The molecule has 0 spiro atoms. The number of nitrogens with zero attached hydrogens (tertiary/aromatic N) is 1. The molecule has 1 heterocycles. The van der Waals surface area contributed by atoms with E-state index in [0.29, 0.717) is 5.13 Å². The summed E-state index contributed by atoms with van der Waals surface area (Å²) in [6, 6.07) is 7.86. The highest BCUT2D eigenvalue weighted by Crippen LogP contribution is 2.18. The Hall–Kier alpha value is -1.81. The minimum atomic E-state index is 0.592. The fourth-order valence-corrected chi connectivity index (χ4v) is 1.86. The highest BCUT2D eigenvalue weighted by atomic mass is 32.1. The van der Waals surface area contributed by atoms with Crippen LogP contribution in [0.5, 0.6) is 5.75 Å². The molecule has 0 saturated carbocycles. The maximum Gasteiger partial charge on any atom is 0.180 e. The van der Waals surface area contributed by atoms with Gasteiger partial charge >= 0.3 is 0 Å². The molecule has 4 heteroatoms. The summed E-state index contributed by atoms with van der Waals surface area (Å²) < 4.78 is 5.09. The van der Waals surface area contributed by atoms with Gasteiger partial charge in [-0.1, -0.05) is 29.5 Å². The normalized spacial score (nSPS) is 10.8. The second-order valence-corrected chi connectivity index (χ2v) is 4.30. The van der Waals surface area contributed by atoms with Gasteiger partial charge in [0, 0.05) is 11.1 Å².